The summed E-state index contributed by atoms with van der Waals surface area (Å²) >= 11 is 0. The Morgan fingerprint density at radius 3 is 2.68 bits per heavy atom. The number of benzene rings is 1. The van der Waals surface area contributed by atoms with Crippen LogP contribution < -0.4 is 5.32 Å². The fourth-order valence-electron chi connectivity index (χ4n) is 3.33. The molecule has 3 unspecified atom stereocenters. The van der Waals surface area contributed by atoms with E-state index in [1.54, 1.807) is 6.07 Å². The van der Waals surface area contributed by atoms with E-state index in [9.17, 15) is 4.39 Å². The Hall–Kier alpha value is -0.890. The summed E-state index contributed by atoms with van der Waals surface area (Å²) in [6.07, 6.45) is 3.43. The lowest BCUT2D eigenvalue weighted by molar-refractivity contribution is 0.0443. The van der Waals surface area contributed by atoms with Gasteiger partial charge in [0.1, 0.15) is 5.82 Å². The highest BCUT2D eigenvalue weighted by molar-refractivity contribution is 5.31. The van der Waals surface area contributed by atoms with Crippen LogP contribution in [-0.2, 0) is 0 Å². The van der Waals surface area contributed by atoms with Crippen LogP contribution in [0.3, 0.4) is 0 Å². The second kappa shape index (κ2) is 5.62. The molecule has 1 aliphatic carbocycles. The van der Waals surface area contributed by atoms with Crippen LogP contribution in [0.4, 0.5) is 4.39 Å². The summed E-state index contributed by atoms with van der Waals surface area (Å²) in [5.74, 6) is 0.419. The fraction of sp³-hybridized carbons (Fsp3) is 0.647. The molecule has 1 saturated carbocycles. The fourth-order valence-corrected chi connectivity index (χ4v) is 3.33. The third-order valence-electron chi connectivity index (χ3n) is 5.06. The molecule has 0 saturated heterocycles. The molecule has 3 atom stereocenters. The van der Waals surface area contributed by atoms with Gasteiger partial charge in [0.25, 0.3) is 0 Å². The zero-order chi connectivity index (χ0) is 14.0. The number of hydrogen-bond acceptors (Lipinski definition) is 1. The van der Waals surface area contributed by atoms with Gasteiger partial charge in [-0.15, -0.1) is 0 Å². The van der Waals surface area contributed by atoms with Crippen LogP contribution in [0.5, 0.6) is 0 Å². The van der Waals surface area contributed by atoms with Crippen molar-refractivity contribution in [3.63, 3.8) is 0 Å². The van der Waals surface area contributed by atoms with Crippen molar-refractivity contribution in [2.45, 2.75) is 58.9 Å². The number of halogens is 1. The van der Waals surface area contributed by atoms with E-state index < -0.39 is 0 Å². The van der Waals surface area contributed by atoms with Crippen molar-refractivity contribution in [3.05, 3.63) is 35.1 Å². The van der Waals surface area contributed by atoms with Crippen LogP contribution in [0, 0.1) is 18.2 Å². The standard InChI is InChI=1S/C17H26FN/c1-5-9-19-16-11-14(17(16,4)6-2)13-8-7-12(3)15(18)10-13/h7-8,10,14,16,19H,5-6,9,11H2,1-4H3. The monoisotopic (exact) mass is 263 g/mol. The van der Waals surface area contributed by atoms with Gasteiger partial charge in [-0.2, -0.15) is 0 Å². The summed E-state index contributed by atoms with van der Waals surface area (Å²) in [6, 6.07) is 6.33. The largest absolute Gasteiger partial charge is 0.313 e. The third-order valence-corrected chi connectivity index (χ3v) is 5.06. The molecule has 0 aromatic heterocycles. The van der Waals surface area contributed by atoms with Crippen LogP contribution in [0.25, 0.3) is 0 Å². The highest BCUT2D eigenvalue weighted by Crippen LogP contribution is 2.54. The molecular formula is C17H26FN. The van der Waals surface area contributed by atoms with Crippen LogP contribution >= 0.6 is 0 Å². The Morgan fingerprint density at radius 2 is 2.11 bits per heavy atom. The average Bonchev–Trinajstić information content (AvgIpc) is 2.40. The molecule has 0 aliphatic heterocycles. The SMILES string of the molecule is CCCNC1CC(c2ccc(C)c(F)c2)C1(C)CC. The summed E-state index contributed by atoms with van der Waals surface area (Å²) in [5.41, 5.74) is 2.17. The van der Waals surface area contributed by atoms with Gasteiger partial charge in [0.05, 0.1) is 0 Å². The van der Waals surface area contributed by atoms with Crippen LogP contribution in [0.15, 0.2) is 18.2 Å². The Balaban J connectivity index is 2.15. The molecule has 0 bridgehead atoms. The maximum atomic E-state index is 13.7. The highest BCUT2D eigenvalue weighted by atomic mass is 19.1. The van der Waals surface area contributed by atoms with Gasteiger partial charge in [-0.1, -0.05) is 32.9 Å². The predicted molar refractivity (Wildman–Crippen MR) is 79.0 cm³/mol. The average molecular weight is 263 g/mol. The topological polar surface area (TPSA) is 12.0 Å². The highest BCUT2D eigenvalue weighted by Gasteiger charge is 2.50. The van der Waals surface area contributed by atoms with Crippen molar-refractivity contribution in [1.29, 1.82) is 0 Å². The molecule has 0 heterocycles. The van der Waals surface area contributed by atoms with Gasteiger partial charge in [0.2, 0.25) is 0 Å². The van der Waals surface area contributed by atoms with E-state index in [2.05, 4.69) is 32.2 Å². The molecule has 0 amide bonds. The van der Waals surface area contributed by atoms with Gasteiger partial charge in [-0.25, -0.2) is 4.39 Å². The maximum absolute atomic E-state index is 13.7. The quantitative estimate of drug-likeness (QED) is 0.830. The van der Waals surface area contributed by atoms with Crippen molar-refractivity contribution in [1.82, 2.24) is 5.32 Å². The third kappa shape index (κ3) is 2.55. The van der Waals surface area contributed by atoms with E-state index in [0.717, 1.165) is 24.9 Å². The van der Waals surface area contributed by atoms with Gasteiger partial charge < -0.3 is 5.32 Å². The second-order valence-corrected chi connectivity index (χ2v) is 6.16. The lowest BCUT2D eigenvalue weighted by atomic mass is 9.54. The van der Waals surface area contributed by atoms with Gasteiger partial charge in [0, 0.05) is 6.04 Å². The molecule has 0 spiro atoms. The first-order chi connectivity index (χ1) is 9.02. The molecule has 0 radical (unpaired) electrons. The van der Waals surface area contributed by atoms with Crippen molar-refractivity contribution in [3.8, 4) is 0 Å². The Bertz CT molecular complexity index is 443. The van der Waals surface area contributed by atoms with Crippen LogP contribution in [0.2, 0.25) is 0 Å². The lowest BCUT2D eigenvalue weighted by Gasteiger charge is -2.55. The molecule has 1 fully saturated rings. The number of hydrogen-bond donors (Lipinski definition) is 1. The molecule has 1 nitrogen and oxygen atoms in total. The molecule has 2 rings (SSSR count). The first-order valence-corrected chi connectivity index (χ1v) is 7.52. The zero-order valence-electron chi connectivity index (χ0n) is 12.6. The van der Waals surface area contributed by atoms with E-state index in [0.29, 0.717) is 12.0 Å². The van der Waals surface area contributed by atoms with E-state index in [1.165, 1.54) is 12.0 Å². The Morgan fingerprint density at radius 1 is 1.37 bits per heavy atom. The minimum Gasteiger partial charge on any atom is -0.313 e. The molecule has 1 aliphatic rings. The molecule has 2 heteroatoms. The van der Waals surface area contributed by atoms with E-state index in [-0.39, 0.29) is 11.2 Å². The second-order valence-electron chi connectivity index (χ2n) is 6.16. The number of aryl methyl sites for hydroxylation is 1. The summed E-state index contributed by atoms with van der Waals surface area (Å²) in [7, 11) is 0. The first-order valence-electron chi connectivity index (χ1n) is 7.52. The van der Waals surface area contributed by atoms with E-state index in [4.69, 9.17) is 0 Å². The maximum Gasteiger partial charge on any atom is 0.126 e. The summed E-state index contributed by atoms with van der Waals surface area (Å²) in [6.45, 7) is 9.69. The molecule has 106 valence electrons. The summed E-state index contributed by atoms with van der Waals surface area (Å²) in [4.78, 5) is 0. The molecule has 1 aromatic carbocycles. The number of nitrogens with one attached hydrogen (secondary N) is 1. The van der Waals surface area contributed by atoms with Gasteiger partial charge in [-0.3, -0.25) is 0 Å². The van der Waals surface area contributed by atoms with Crippen molar-refractivity contribution in [2.24, 2.45) is 5.41 Å². The Labute approximate surface area is 116 Å². The number of rotatable bonds is 5. The van der Waals surface area contributed by atoms with E-state index in [1.807, 2.05) is 13.0 Å². The minimum atomic E-state index is -0.0686. The van der Waals surface area contributed by atoms with E-state index >= 15 is 0 Å². The molecular weight excluding hydrogens is 237 g/mol. The van der Waals surface area contributed by atoms with Crippen LogP contribution in [0.1, 0.15) is 57.1 Å². The van der Waals surface area contributed by atoms with Crippen LogP contribution in [-0.4, -0.2) is 12.6 Å². The molecule has 1 aromatic rings. The Kier molecular flexibility index (Phi) is 4.29. The zero-order valence-corrected chi connectivity index (χ0v) is 12.6. The molecule has 19 heavy (non-hydrogen) atoms. The smallest absolute Gasteiger partial charge is 0.126 e. The summed E-state index contributed by atoms with van der Waals surface area (Å²) < 4.78 is 13.7. The normalized spacial score (nSPS) is 30.2. The van der Waals surface area contributed by atoms with Gasteiger partial charge in [-0.05, 0) is 61.3 Å². The van der Waals surface area contributed by atoms with Gasteiger partial charge in [0.15, 0.2) is 0 Å². The van der Waals surface area contributed by atoms with Gasteiger partial charge >= 0.3 is 0 Å². The molecule has 1 N–H and O–H groups in total. The van der Waals surface area contributed by atoms with Crippen molar-refractivity contribution >= 4 is 0 Å². The predicted octanol–water partition coefficient (Wildman–Crippen LogP) is 4.41. The van der Waals surface area contributed by atoms with Crippen molar-refractivity contribution in [2.75, 3.05) is 6.54 Å². The lowest BCUT2D eigenvalue weighted by Crippen LogP contribution is -2.56. The first kappa shape index (κ1) is 14.5. The van der Waals surface area contributed by atoms with Crippen molar-refractivity contribution < 1.29 is 4.39 Å². The summed E-state index contributed by atoms with van der Waals surface area (Å²) in [5, 5.41) is 3.64. The minimum absolute atomic E-state index is 0.0686.